The lowest BCUT2D eigenvalue weighted by atomic mass is 10.0. The minimum Gasteiger partial charge on any atom is -0.462 e. The second-order valence-corrected chi connectivity index (χ2v) is 14.6. The summed E-state index contributed by atoms with van der Waals surface area (Å²) >= 11 is 0. The van der Waals surface area contributed by atoms with Crippen molar-refractivity contribution >= 4 is 17.9 Å². The molecular weight excluding hydrogens is 661 g/mol. The Balaban J connectivity index is 4.43. The normalized spacial score (nSPS) is 12.4. The molecule has 0 aromatic heterocycles. The molecule has 0 aliphatic carbocycles. The zero-order valence-electron chi connectivity index (χ0n) is 34.8. The topological polar surface area (TPSA) is 78.9 Å². The molecule has 6 nitrogen and oxygen atoms in total. The highest BCUT2D eigenvalue weighted by atomic mass is 16.6. The molecule has 0 aliphatic rings. The van der Waals surface area contributed by atoms with Crippen LogP contribution in [-0.4, -0.2) is 37.2 Å². The van der Waals surface area contributed by atoms with Crippen molar-refractivity contribution in [3.63, 3.8) is 0 Å². The van der Waals surface area contributed by atoms with Crippen LogP contribution >= 0.6 is 0 Å². The van der Waals surface area contributed by atoms with Gasteiger partial charge in [0.1, 0.15) is 13.2 Å². The largest absolute Gasteiger partial charge is 0.462 e. The second-order valence-electron chi connectivity index (χ2n) is 14.6. The summed E-state index contributed by atoms with van der Waals surface area (Å²) in [5.74, 6) is -0.947. The highest BCUT2D eigenvalue weighted by Crippen LogP contribution is 2.14. The van der Waals surface area contributed by atoms with Crippen molar-refractivity contribution in [2.24, 2.45) is 0 Å². The van der Waals surface area contributed by atoms with E-state index in [4.69, 9.17) is 14.2 Å². The van der Waals surface area contributed by atoms with Gasteiger partial charge in [-0.25, -0.2) is 0 Å². The number of rotatable bonds is 39. The van der Waals surface area contributed by atoms with Crippen molar-refractivity contribution in [1.29, 1.82) is 0 Å². The molecule has 1 atom stereocenters. The number of carbonyl (C=O) groups excluding carboxylic acids is 3. The third-order valence-corrected chi connectivity index (χ3v) is 9.32. The summed E-state index contributed by atoms with van der Waals surface area (Å²) in [5, 5.41) is 0. The Hall–Kier alpha value is -2.63. The maximum absolute atomic E-state index is 12.7. The summed E-state index contributed by atoms with van der Waals surface area (Å²) in [7, 11) is 0. The average molecular weight is 743 g/mol. The molecule has 0 rings (SSSR count). The number of allylic oxidation sites excluding steroid dienone is 8. The molecule has 0 amide bonds. The first-order chi connectivity index (χ1) is 26.0. The number of esters is 3. The Morgan fingerprint density at radius 1 is 0.396 bits per heavy atom. The summed E-state index contributed by atoms with van der Waals surface area (Å²) < 4.78 is 16.6. The molecule has 0 heterocycles. The van der Waals surface area contributed by atoms with Gasteiger partial charge in [0.25, 0.3) is 0 Å². The first-order valence-electron chi connectivity index (χ1n) is 22.1. The van der Waals surface area contributed by atoms with E-state index in [1.54, 1.807) is 0 Å². The molecule has 0 saturated carbocycles. The molecule has 6 heteroatoms. The third kappa shape index (κ3) is 40.4. The standard InChI is InChI=1S/C47H82O6/c1-4-7-10-13-16-19-22-24-26-28-31-34-37-40-46(49)52-43-44(42-51-45(48)39-36-33-30-27-21-18-15-12-9-6-3)53-47(50)41-38-35-32-29-25-23-20-17-14-11-8-5-2/h8,11,15,17-18,20,25,29,44H,4-7,9-10,12-14,16,19,21-24,26-28,30-43H2,1-3H3/b11-8-,18-15-,20-17-,29-25-. The van der Waals surface area contributed by atoms with Crippen molar-refractivity contribution < 1.29 is 28.6 Å². The van der Waals surface area contributed by atoms with Crippen molar-refractivity contribution in [3.8, 4) is 0 Å². The van der Waals surface area contributed by atoms with Crippen molar-refractivity contribution in [3.05, 3.63) is 48.6 Å². The molecule has 0 radical (unpaired) electrons. The van der Waals surface area contributed by atoms with E-state index in [2.05, 4.69) is 69.4 Å². The first-order valence-corrected chi connectivity index (χ1v) is 22.1. The Morgan fingerprint density at radius 3 is 1.26 bits per heavy atom. The molecule has 0 saturated heterocycles. The first kappa shape index (κ1) is 50.4. The summed E-state index contributed by atoms with van der Waals surface area (Å²) in [5.41, 5.74) is 0. The fraction of sp³-hybridized carbons (Fsp3) is 0.766. The zero-order valence-corrected chi connectivity index (χ0v) is 34.8. The minimum absolute atomic E-state index is 0.0907. The summed E-state index contributed by atoms with van der Waals surface area (Å²) in [6, 6.07) is 0. The van der Waals surface area contributed by atoms with Gasteiger partial charge in [0.2, 0.25) is 0 Å². The molecule has 0 aromatic carbocycles. The van der Waals surface area contributed by atoms with Gasteiger partial charge in [0, 0.05) is 19.3 Å². The fourth-order valence-electron chi connectivity index (χ4n) is 5.97. The monoisotopic (exact) mass is 743 g/mol. The van der Waals surface area contributed by atoms with Crippen LogP contribution < -0.4 is 0 Å². The van der Waals surface area contributed by atoms with Crippen LogP contribution in [0.2, 0.25) is 0 Å². The molecule has 53 heavy (non-hydrogen) atoms. The zero-order chi connectivity index (χ0) is 38.7. The van der Waals surface area contributed by atoms with E-state index < -0.39 is 6.10 Å². The fourth-order valence-corrected chi connectivity index (χ4v) is 5.97. The Labute approximate surface area is 327 Å². The number of hydrogen-bond acceptors (Lipinski definition) is 6. The molecule has 306 valence electrons. The van der Waals surface area contributed by atoms with Gasteiger partial charge in [0.15, 0.2) is 6.10 Å². The lowest BCUT2D eigenvalue weighted by molar-refractivity contribution is -0.167. The van der Waals surface area contributed by atoms with E-state index in [0.717, 1.165) is 89.9 Å². The number of carbonyl (C=O) groups is 3. The molecule has 0 aromatic rings. The van der Waals surface area contributed by atoms with Crippen LogP contribution in [-0.2, 0) is 28.6 Å². The van der Waals surface area contributed by atoms with E-state index in [1.165, 1.54) is 77.0 Å². The van der Waals surface area contributed by atoms with Crippen molar-refractivity contribution in [2.75, 3.05) is 13.2 Å². The van der Waals surface area contributed by atoms with Gasteiger partial charge in [-0.1, -0.05) is 172 Å². The molecule has 0 bridgehead atoms. The van der Waals surface area contributed by atoms with E-state index in [0.29, 0.717) is 19.3 Å². The van der Waals surface area contributed by atoms with Crippen LogP contribution in [0.4, 0.5) is 0 Å². The quantitative estimate of drug-likeness (QED) is 0.0270. The van der Waals surface area contributed by atoms with Gasteiger partial charge in [-0.3, -0.25) is 14.4 Å². The Bertz CT molecular complexity index is 949. The van der Waals surface area contributed by atoms with Crippen molar-refractivity contribution in [2.45, 2.75) is 219 Å². The highest BCUT2D eigenvalue weighted by Gasteiger charge is 2.19. The van der Waals surface area contributed by atoms with Gasteiger partial charge in [0.05, 0.1) is 0 Å². The number of hydrogen-bond donors (Lipinski definition) is 0. The van der Waals surface area contributed by atoms with E-state index in [9.17, 15) is 14.4 Å². The lowest BCUT2D eigenvalue weighted by Crippen LogP contribution is -2.30. The van der Waals surface area contributed by atoms with Crippen molar-refractivity contribution in [1.82, 2.24) is 0 Å². The van der Waals surface area contributed by atoms with Gasteiger partial charge in [-0.2, -0.15) is 0 Å². The maximum Gasteiger partial charge on any atom is 0.306 e. The van der Waals surface area contributed by atoms with Crippen LogP contribution in [0.5, 0.6) is 0 Å². The Morgan fingerprint density at radius 2 is 0.755 bits per heavy atom. The lowest BCUT2D eigenvalue weighted by Gasteiger charge is -2.18. The van der Waals surface area contributed by atoms with Crippen LogP contribution in [0.25, 0.3) is 0 Å². The van der Waals surface area contributed by atoms with Gasteiger partial charge < -0.3 is 14.2 Å². The summed E-state index contributed by atoms with van der Waals surface area (Å²) in [6.45, 7) is 6.42. The molecule has 1 unspecified atom stereocenters. The number of unbranched alkanes of at least 4 members (excludes halogenated alkanes) is 20. The maximum atomic E-state index is 12.7. The average Bonchev–Trinajstić information content (AvgIpc) is 3.15. The predicted molar refractivity (Wildman–Crippen MR) is 224 cm³/mol. The predicted octanol–water partition coefficient (Wildman–Crippen LogP) is 14.0. The minimum atomic E-state index is -0.791. The van der Waals surface area contributed by atoms with E-state index in [1.807, 2.05) is 0 Å². The summed E-state index contributed by atoms with van der Waals surface area (Å²) in [6.07, 6.45) is 48.1. The smallest absolute Gasteiger partial charge is 0.306 e. The van der Waals surface area contributed by atoms with E-state index in [-0.39, 0.29) is 37.5 Å². The summed E-state index contributed by atoms with van der Waals surface area (Å²) in [4.78, 5) is 37.6. The molecule has 0 fully saturated rings. The second kappa shape index (κ2) is 42.1. The van der Waals surface area contributed by atoms with Crippen LogP contribution in [0.15, 0.2) is 48.6 Å². The van der Waals surface area contributed by atoms with Gasteiger partial charge in [-0.15, -0.1) is 0 Å². The third-order valence-electron chi connectivity index (χ3n) is 9.32. The molecule has 0 aliphatic heterocycles. The van der Waals surface area contributed by atoms with E-state index >= 15 is 0 Å². The van der Waals surface area contributed by atoms with Gasteiger partial charge in [-0.05, 0) is 70.6 Å². The SMILES string of the molecule is CC/C=C\C/C=C\C/C=C\CCCCC(=O)OC(COC(=O)CCCCCC/C=C\CCCC)COC(=O)CCCCCCCCCCCCCCC. The molecular formula is C47H82O6. The van der Waals surface area contributed by atoms with Gasteiger partial charge >= 0.3 is 17.9 Å². The van der Waals surface area contributed by atoms with Crippen LogP contribution in [0, 0.1) is 0 Å². The van der Waals surface area contributed by atoms with Crippen LogP contribution in [0.1, 0.15) is 213 Å². The molecule has 0 spiro atoms. The highest BCUT2D eigenvalue weighted by molar-refractivity contribution is 5.71. The Kier molecular flexibility index (Phi) is 40.0. The molecule has 0 N–H and O–H groups in total. The number of ether oxygens (including phenoxy) is 3. The van der Waals surface area contributed by atoms with Crippen LogP contribution in [0.3, 0.4) is 0 Å².